The molecule has 0 aliphatic heterocycles. The summed E-state index contributed by atoms with van der Waals surface area (Å²) in [6.07, 6.45) is -0.955. The summed E-state index contributed by atoms with van der Waals surface area (Å²) in [6.45, 7) is 1.71. The van der Waals surface area contributed by atoms with Crippen molar-refractivity contribution in [1.29, 1.82) is 0 Å². The van der Waals surface area contributed by atoms with Gasteiger partial charge in [-0.25, -0.2) is 13.1 Å². The molecule has 108 valence electrons. The largest absolute Gasteiger partial charge is 0.481 e. The first-order valence-corrected chi connectivity index (χ1v) is 8.35. The normalized spacial score (nSPS) is 13.4. The van der Waals surface area contributed by atoms with Crippen LogP contribution in [0, 0.1) is 6.92 Å². The van der Waals surface area contributed by atoms with Gasteiger partial charge in [-0.05, 0) is 34.5 Å². The first kappa shape index (κ1) is 16.6. The van der Waals surface area contributed by atoms with E-state index in [0.717, 1.165) is 20.7 Å². The second-order valence-electron chi connectivity index (χ2n) is 3.83. The molecule has 1 heterocycles. The monoisotopic (exact) mass is 371 g/mol. The number of hydrogen-bond donors (Lipinski definition) is 2. The lowest BCUT2D eigenvalue weighted by molar-refractivity contribution is -0.139. The van der Waals surface area contributed by atoms with Crippen LogP contribution in [0.25, 0.3) is 0 Å². The Hall–Kier alpha value is -0.480. The molecule has 0 radical (unpaired) electrons. The van der Waals surface area contributed by atoms with Gasteiger partial charge in [0.2, 0.25) is 10.0 Å². The number of halogens is 1. The van der Waals surface area contributed by atoms with Crippen molar-refractivity contribution in [2.75, 3.05) is 13.7 Å². The van der Waals surface area contributed by atoms with Gasteiger partial charge in [-0.15, -0.1) is 11.3 Å². The zero-order valence-electron chi connectivity index (χ0n) is 10.3. The molecule has 1 rings (SSSR count). The van der Waals surface area contributed by atoms with Crippen LogP contribution in [0.5, 0.6) is 0 Å². The predicted octanol–water partition coefficient (Wildman–Crippen LogP) is 1.59. The summed E-state index contributed by atoms with van der Waals surface area (Å²) in [4.78, 5) is 10.5. The molecule has 0 saturated heterocycles. The highest BCUT2D eigenvalue weighted by molar-refractivity contribution is 9.11. The number of carboxylic acid groups (broad SMARTS) is 1. The van der Waals surface area contributed by atoms with E-state index in [2.05, 4.69) is 20.7 Å². The lowest BCUT2D eigenvalue weighted by atomic mass is 10.2. The second kappa shape index (κ2) is 6.80. The molecule has 0 aliphatic rings. The number of rotatable bonds is 7. The van der Waals surface area contributed by atoms with E-state index in [1.165, 1.54) is 7.11 Å². The third-order valence-corrected chi connectivity index (χ3v) is 6.37. The topological polar surface area (TPSA) is 92.7 Å². The maximum atomic E-state index is 12.0. The van der Waals surface area contributed by atoms with E-state index < -0.39 is 22.1 Å². The number of aliphatic carboxylic acids is 1. The standard InChI is InChI=1S/C10H14BrNO5S2/c1-6-3-9(18-10(6)11)19(15,16)12-5-7(17-2)4-8(13)14/h3,7,12H,4-5H2,1-2H3,(H,13,14). The van der Waals surface area contributed by atoms with Crippen LogP contribution in [0.15, 0.2) is 14.1 Å². The van der Waals surface area contributed by atoms with Crippen molar-refractivity contribution in [3.8, 4) is 0 Å². The molecular weight excluding hydrogens is 358 g/mol. The van der Waals surface area contributed by atoms with Crippen LogP contribution in [0.3, 0.4) is 0 Å². The minimum absolute atomic E-state index is 0.0836. The van der Waals surface area contributed by atoms with Gasteiger partial charge in [-0.1, -0.05) is 0 Å². The van der Waals surface area contributed by atoms with Crippen molar-refractivity contribution in [1.82, 2.24) is 4.72 Å². The number of hydrogen-bond acceptors (Lipinski definition) is 5. The van der Waals surface area contributed by atoms with E-state index in [9.17, 15) is 13.2 Å². The van der Waals surface area contributed by atoms with Crippen LogP contribution in [-0.2, 0) is 19.6 Å². The molecule has 0 aromatic carbocycles. The summed E-state index contributed by atoms with van der Waals surface area (Å²) < 4.78 is 32.1. The molecule has 1 atom stereocenters. The highest BCUT2D eigenvalue weighted by atomic mass is 79.9. The van der Waals surface area contributed by atoms with E-state index in [1.807, 2.05) is 0 Å². The van der Waals surface area contributed by atoms with Gasteiger partial charge in [0.25, 0.3) is 0 Å². The lowest BCUT2D eigenvalue weighted by Gasteiger charge is -2.13. The molecule has 0 fully saturated rings. The number of aryl methyl sites for hydroxylation is 1. The first-order valence-electron chi connectivity index (χ1n) is 5.26. The Kier molecular flexibility index (Phi) is 5.93. The summed E-state index contributed by atoms with van der Waals surface area (Å²) in [6, 6.07) is 1.55. The zero-order valence-corrected chi connectivity index (χ0v) is 13.6. The highest BCUT2D eigenvalue weighted by Gasteiger charge is 2.21. The number of ether oxygens (including phenoxy) is 1. The minimum atomic E-state index is -3.64. The molecule has 2 N–H and O–H groups in total. The van der Waals surface area contributed by atoms with Crippen molar-refractivity contribution in [2.24, 2.45) is 0 Å². The van der Waals surface area contributed by atoms with Crippen molar-refractivity contribution in [3.05, 3.63) is 15.4 Å². The van der Waals surface area contributed by atoms with Gasteiger partial charge in [-0.2, -0.15) is 0 Å². The first-order chi connectivity index (χ1) is 8.76. The number of carboxylic acids is 1. The molecule has 0 spiro atoms. The molecule has 0 amide bonds. The molecule has 9 heteroatoms. The predicted molar refractivity (Wildman–Crippen MR) is 75.0 cm³/mol. The van der Waals surface area contributed by atoms with E-state index in [1.54, 1.807) is 13.0 Å². The third-order valence-electron chi connectivity index (χ3n) is 2.34. The van der Waals surface area contributed by atoms with Crippen LogP contribution in [0.4, 0.5) is 0 Å². The fraction of sp³-hybridized carbons (Fsp3) is 0.500. The van der Waals surface area contributed by atoms with Crippen molar-refractivity contribution < 1.29 is 23.1 Å². The maximum absolute atomic E-state index is 12.0. The molecule has 1 unspecified atom stereocenters. The molecule has 0 bridgehead atoms. The SMILES string of the molecule is COC(CNS(=O)(=O)c1cc(C)c(Br)s1)CC(=O)O. The number of methoxy groups -OCH3 is 1. The van der Waals surface area contributed by atoms with Gasteiger partial charge in [-0.3, -0.25) is 4.79 Å². The van der Waals surface area contributed by atoms with Crippen molar-refractivity contribution in [2.45, 2.75) is 23.7 Å². The molecule has 1 aromatic heterocycles. The van der Waals surface area contributed by atoms with Gasteiger partial charge in [0.1, 0.15) is 4.21 Å². The van der Waals surface area contributed by atoms with Crippen molar-refractivity contribution >= 4 is 43.3 Å². The van der Waals surface area contributed by atoms with E-state index >= 15 is 0 Å². The Labute approximate surface area is 124 Å². The molecule has 19 heavy (non-hydrogen) atoms. The summed E-state index contributed by atoms with van der Waals surface area (Å²) >= 11 is 4.36. The number of nitrogens with one attached hydrogen (secondary N) is 1. The molecule has 0 aliphatic carbocycles. The maximum Gasteiger partial charge on any atom is 0.306 e. The van der Waals surface area contributed by atoms with Crippen LogP contribution >= 0.6 is 27.3 Å². The van der Waals surface area contributed by atoms with Crippen LogP contribution in [-0.4, -0.2) is 39.3 Å². The fourth-order valence-electron chi connectivity index (χ4n) is 1.27. The third kappa shape index (κ3) is 4.84. The minimum Gasteiger partial charge on any atom is -0.481 e. The summed E-state index contributed by atoms with van der Waals surface area (Å²) in [5.41, 5.74) is 0.833. The Balaban J connectivity index is 2.72. The Bertz CT molecular complexity index is 535. The number of thiophene rings is 1. The van der Waals surface area contributed by atoms with Crippen LogP contribution in [0.2, 0.25) is 0 Å². The van der Waals surface area contributed by atoms with Crippen LogP contribution < -0.4 is 4.72 Å². The van der Waals surface area contributed by atoms with Gasteiger partial charge in [0.15, 0.2) is 0 Å². The molecule has 0 saturated carbocycles. The van der Waals surface area contributed by atoms with E-state index in [4.69, 9.17) is 9.84 Å². The van der Waals surface area contributed by atoms with Gasteiger partial charge < -0.3 is 9.84 Å². The lowest BCUT2D eigenvalue weighted by Crippen LogP contribution is -2.34. The summed E-state index contributed by atoms with van der Waals surface area (Å²) in [7, 11) is -2.30. The van der Waals surface area contributed by atoms with Crippen molar-refractivity contribution in [3.63, 3.8) is 0 Å². The Morgan fingerprint density at radius 2 is 2.26 bits per heavy atom. The average Bonchev–Trinajstić information content (AvgIpc) is 2.65. The number of carbonyl (C=O) groups is 1. The quantitative estimate of drug-likeness (QED) is 0.758. The van der Waals surface area contributed by atoms with Gasteiger partial charge >= 0.3 is 5.97 Å². The Morgan fingerprint density at radius 3 is 2.68 bits per heavy atom. The highest BCUT2D eigenvalue weighted by Crippen LogP contribution is 2.30. The van der Waals surface area contributed by atoms with Gasteiger partial charge in [0.05, 0.1) is 16.3 Å². The van der Waals surface area contributed by atoms with E-state index in [-0.39, 0.29) is 17.2 Å². The zero-order chi connectivity index (χ0) is 14.6. The fourth-order valence-corrected chi connectivity index (χ4v) is 4.61. The average molecular weight is 372 g/mol. The summed E-state index contributed by atoms with van der Waals surface area (Å²) in [5.74, 6) is -1.04. The smallest absolute Gasteiger partial charge is 0.306 e. The second-order valence-corrected chi connectivity index (χ2v) is 8.19. The summed E-state index contributed by atoms with van der Waals surface area (Å²) in [5, 5.41) is 8.64. The van der Waals surface area contributed by atoms with Crippen LogP contribution in [0.1, 0.15) is 12.0 Å². The molecule has 1 aromatic rings. The molecular formula is C10H14BrNO5S2. The van der Waals surface area contributed by atoms with E-state index in [0.29, 0.717) is 0 Å². The number of sulfonamides is 1. The van der Waals surface area contributed by atoms with Gasteiger partial charge in [0, 0.05) is 13.7 Å². The molecule has 6 nitrogen and oxygen atoms in total. The Morgan fingerprint density at radius 1 is 1.63 bits per heavy atom.